The highest BCUT2D eigenvalue weighted by atomic mass is 32.3. The molecule has 0 aliphatic rings. The Morgan fingerprint density at radius 1 is 0.833 bits per heavy atom. The Hall–Kier alpha value is 0.320. The van der Waals surface area contributed by atoms with Gasteiger partial charge in [0.25, 0.3) is 0 Å². The zero-order chi connectivity index (χ0) is 19.2. The van der Waals surface area contributed by atoms with Crippen molar-refractivity contribution in [1.29, 1.82) is 0 Å². The molecule has 0 atom stereocenters. The molecular formula is C19H43NO2S2. The molecule has 3 nitrogen and oxygen atoms in total. The van der Waals surface area contributed by atoms with Gasteiger partial charge in [-0.1, -0.05) is 6.08 Å². The third-order valence-electron chi connectivity index (χ3n) is 3.91. The minimum absolute atomic E-state index is 0.109. The molecule has 24 heavy (non-hydrogen) atoms. The summed E-state index contributed by atoms with van der Waals surface area (Å²) in [4.78, 5) is 0. The van der Waals surface area contributed by atoms with Crippen molar-refractivity contribution >= 4 is 20.4 Å². The molecule has 148 valence electrons. The third-order valence-corrected chi connectivity index (χ3v) is 9.40. The van der Waals surface area contributed by atoms with E-state index < -0.39 is 20.4 Å². The molecule has 0 spiro atoms. The molecule has 0 rings (SSSR count). The summed E-state index contributed by atoms with van der Waals surface area (Å²) in [6, 6.07) is 0. The molecule has 0 heterocycles. The lowest BCUT2D eigenvalue weighted by atomic mass is 10.0. The number of nitrogens with zero attached hydrogens (tertiary/aromatic N) is 1. The van der Waals surface area contributed by atoms with Gasteiger partial charge in [-0.3, -0.25) is 0 Å². The highest BCUT2D eigenvalue weighted by Gasteiger charge is 2.29. The summed E-state index contributed by atoms with van der Waals surface area (Å²) in [7, 11) is -1.43. The Morgan fingerprint density at radius 3 is 1.71 bits per heavy atom. The van der Waals surface area contributed by atoms with Gasteiger partial charge in [-0.2, -0.15) is 20.4 Å². The Kier molecular flexibility index (Phi) is 9.44. The second kappa shape index (κ2) is 9.31. The second-order valence-corrected chi connectivity index (χ2v) is 17.3. The van der Waals surface area contributed by atoms with Crippen LogP contribution in [-0.2, 0) is 9.47 Å². The smallest absolute Gasteiger partial charge is 0.0652 e. The normalized spacial score (nSPS) is 15.6. The summed E-state index contributed by atoms with van der Waals surface area (Å²) in [6.45, 7) is 14.8. The SMILES string of the molecule is C=CCOC(C)(C)CCOC(C)(C)CCN(S(C)(C)C)S(C)(C)C. The molecule has 0 aliphatic heterocycles. The fraction of sp³-hybridized carbons (Fsp3) is 0.895. The maximum absolute atomic E-state index is 6.21. The summed E-state index contributed by atoms with van der Waals surface area (Å²) < 4.78 is 14.7. The van der Waals surface area contributed by atoms with Crippen LogP contribution in [0.5, 0.6) is 0 Å². The van der Waals surface area contributed by atoms with Crippen molar-refractivity contribution in [3.05, 3.63) is 12.7 Å². The van der Waals surface area contributed by atoms with Crippen LogP contribution in [0.1, 0.15) is 40.5 Å². The number of ether oxygens (including phenoxy) is 2. The van der Waals surface area contributed by atoms with Crippen LogP contribution >= 0.6 is 20.4 Å². The van der Waals surface area contributed by atoms with Gasteiger partial charge in [-0.15, -0.1) is 6.58 Å². The Morgan fingerprint density at radius 2 is 1.29 bits per heavy atom. The predicted octanol–water partition coefficient (Wildman–Crippen LogP) is 5.06. The zero-order valence-corrected chi connectivity index (χ0v) is 19.5. The van der Waals surface area contributed by atoms with Crippen LogP contribution in [0.2, 0.25) is 0 Å². The van der Waals surface area contributed by atoms with E-state index in [9.17, 15) is 0 Å². The number of hydrogen-bond acceptors (Lipinski definition) is 3. The van der Waals surface area contributed by atoms with Gasteiger partial charge in [0.15, 0.2) is 0 Å². The standard InChI is InChI=1S/C19H43NO2S2/c1-12-16-21-19(4,5)14-17-22-18(2,3)13-15-20(23(6,7)8)24(9,10)11/h12H,1,13-17H2,2-11H3. The molecule has 0 aliphatic carbocycles. The molecule has 0 fully saturated rings. The molecule has 0 radical (unpaired) electrons. The van der Waals surface area contributed by atoms with Gasteiger partial charge >= 0.3 is 0 Å². The lowest BCUT2D eigenvalue weighted by Crippen LogP contribution is -2.36. The van der Waals surface area contributed by atoms with Crippen LogP contribution in [0.15, 0.2) is 12.7 Å². The molecule has 0 aromatic carbocycles. The van der Waals surface area contributed by atoms with Crippen molar-refractivity contribution in [1.82, 2.24) is 3.71 Å². The van der Waals surface area contributed by atoms with E-state index in [1.54, 1.807) is 6.08 Å². The predicted molar refractivity (Wildman–Crippen MR) is 117 cm³/mol. The van der Waals surface area contributed by atoms with Crippen molar-refractivity contribution in [2.75, 3.05) is 57.3 Å². The van der Waals surface area contributed by atoms with Gasteiger partial charge in [-0.05, 0) is 78.1 Å². The van der Waals surface area contributed by atoms with Crippen LogP contribution in [0.3, 0.4) is 0 Å². The van der Waals surface area contributed by atoms with Crippen LogP contribution in [-0.4, -0.2) is 72.2 Å². The molecule has 0 amide bonds. The van der Waals surface area contributed by atoms with Crippen LogP contribution in [0.25, 0.3) is 0 Å². The maximum atomic E-state index is 6.21. The van der Waals surface area contributed by atoms with E-state index in [4.69, 9.17) is 9.47 Å². The first-order valence-corrected chi connectivity index (χ1v) is 14.3. The average molecular weight is 382 g/mol. The molecule has 0 N–H and O–H groups in total. The van der Waals surface area contributed by atoms with Crippen molar-refractivity contribution in [3.63, 3.8) is 0 Å². The highest BCUT2D eigenvalue weighted by molar-refractivity contribution is 8.43. The van der Waals surface area contributed by atoms with Crippen LogP contribution in [0.4, 0.5) is 0 Å². The maximum Gasteiger partial charge on any atom is 0.0652 e. The largest absolute Gasteiger partial charge is 0.375 e. The van der Waals surface area contributed by atoms with E-state index in [1.165, 1.54) is 0 Å². The number of hydrogen-bond donors (Lipinski definition) is 0. The Balaban J connectivity index is 4.51. The van der Waals surface area contributed by atoms with E-state index >= 15 is 0 Å². The van der Waals surface area contributed by atoms with Gasteiger partial charge in [0.1, 0.15) is 0 Å². The van der Waals surface area contributed by atoms with Gasteiger partial charge in [-0.25, -0.2) is 3.71 Å². The van der Waals surface area contributed by atoms with E-state index in [-0.39, 0.29) is 11.2 Å². The molecular weight excluding hydrogens is 338 g/mol. The molecule has 0 bridgehead atoms. The summed E-state index contributed by atoms with van der Waals surface area (Å²) in [6.07, 6.45) is 18.1. The molecule has 0 saturated carbocycles. The molecule has 0 saturated heterocycles. The lowest BCUT2D eigenvalue weighted by molar-refractivity contribution is -0.0682. The zero-order valence-electron chi connectivity index (χ0n) is 17.9. The molecule has 5 heteroatoms. The first-order chi connectivity index (χ1) is 10.6. The third kappa shape index (κ3) is 10.3. The summed E-state index contributed by atoms with van der Waals surface area (Å²) in [5, 5.41) is 0. The quantitative estimate of drug-likeness (QED) is 0.441. The van der Waals surface area contributed by atoms with Gasteiger partial charge in [0.2, 0.25) is 0 Å². The van der Waals surface area contributed by atoms with Gasteiger partial charge in [0.05, 0.1) is 24.4 Å². The molecule has 0 unspecified atom stereocenters. The van der Waals surface area contributed by atoms with E-state index in [0.29, 0.717) is 6.61 Å². The van der Waals surface area contributed by atoms with Crippen LogP contribution < -0.4 is 0 Å². The first-order valence-electron chi connectivity index (χ1n) is 8.64. The van der Waals surface area contributed by atoms with Crippen molar-refractivity contribution in [3.8, 4) is 0 Å². The topological polar surface area (TPSA) is 21.7 Å². The molecule has 0 aromatic rings. The minimum atomic E-state index is -0.714. The van der Waals surface area contributed by atoms with E-state index in [0.717, 1.165) is 26.0 Å². The lowest BCUT2D eigenvalue weighted by Gasteiger charge is -2.52. The number of rotatable bonds is 12. The monoisotopic (exact) mass is 381 g/mol. The summed E-state index contributed by atoms with van der Waals surface area (Å²) >= 11 is 0. The second-order valence-electron chi connectivity index (χ2n) is 9.07. The Labute approximate surface area is 155 Å². The summed E-state index contributed by atoms with van der Waals surface area (Å²) in [5.41, 5.74) is -0.274. The van der Waals surface area contributed by atoms with Crippen molar-refractivity contribution < 1.29 is 9.47 Å². The Bertz CT molecular complexity index is 368. The minimum Gasteiger partial charge on any atom is -0.375 e. The van der Waals surface area contributed by atoms with Gasteiger partial charge in [0, 0.05) is 6.54 Å². The van der Waals surface area contributed by atoms with Crippen LogP contribution in [0, 0.1) is 0 Å². The fourth-order valence-electron chi connectivity index (χ4n) is 2.58. The summed E-state index contributed by atoms with van der Waals surface area (Å²) in [5.74, 6) is 0. The van der Waals surface area contributed by atoms with Gasteiger partial charge < -0.3 is 9.47 Å². The fourth-order valence-corrected chi connectivity index (χ4v) is 9.23. The average Bonchev–Trinajstić information content (AvgIpc) is 2.32. The van der Waals surface area contributed by atoms with Crippen molar-refractivity contribution in [2.24, 2.45) is 0 Å². The first kappa shape index (κ1) is 24.3. The highest BCUT2D eigenvalue weighted by Crippen LogP contribution is 2.57. The molecule has 0 aromatic heterocycles. The van der Waals surface area contributed by atoms with E-state index in [1.807, 2.05) is 0 Å². The van der Waals surface area contributed by atoms with Crippen molar-refractivity contribution in [2.45, 2.75) is 51.7 Å². The van der Waals surface area contributed by atoms with E-state index in [2.05, 4.69) is 75.5 Å².